The lowest BCUT2D eigenvalue weighted by Gasteiger charge is -2.43. The number of piperidine rings is 1. The molecule has 0 radical (unpaired) electrons. The molecule has 1 aliphatic rings. The van der Waals surface area contributed by atoms with E-state index in [0.717, 1.165) is 31.7 Å². The highest BCUT2D eigenvalue weighted by Gasteiger charge is 2.23. The zero-order valence-electron chi connectivity index (χ0n) is 7.12. The molecule has 0 spiro atoms. The van der Waals surface area contributed by atoms with Gasteiger partial charge in [0.15, 0.2) is 0 Å². The fourth-order valence-corrected chi connectivity index (χ4v) is 1.84. The largest absolute Gasteiger partial charge is 0.626 e. The first-order valence-corrected chi connectivity index (χ1v) is 4.53. The lowest BCUT2D eigenvalue weighted by molar-refractivity contribution is 0.301. The van der Waals surface area contributed by atoms with Gasteiger partial charge < -0.3 is 14.8 Å². The van der Waals surface area contributed by atoms with Crippen molar-refractivity contribution in [1.82, 2.24) is 9.63 Å². The summed E-state index contributed by atoms with van der Waals surface area (Å²) in [7, 11) is 0. The highest BCUT2D eigenvalue weighted by atomic mass is 16.5. The maximum Gasteiger partial charge on any atom is 0.205 e. The third-order valence-electron chi connectivity index (χ3n) is 2.56. The average molecular weight is 166 g/mol. The fraction of sp³-hybridized carbons (Fsp3) is 0.556. The van der Waals surface area contributed by atoms with E-state index in [1.807, 2.05) is 18.3 Å². The Morgan fingerprint density at radius 2 is 2.00 bits per heavy atom. The second-order valence-electron chi connectivity index (χ2n) is 3.45. The SMILES string of the molecule is [O-][N+]1(c2ccc[nH]2)CCCCC1. The number of hydrogen-bond acceptors (Lipinski definition) is 1. The van der Waals surface area contributed by atoms with Gasteiger partial charge in [0.25, 0.3) is 0 Å². The van der Waals surface area contributed by atoms with Crippen LogP contribution >= 0.6 is 0 Å². The fourth-order valence-electron chi connectivity index (χ4n) is 1.84. The zero-order valence-corrected chi connectivity index (χ0v) is 7.12. The molecule has 0 bridgehead atoms. The van der Waals surface area contributed by atoms with Crippen molar-refractivity contribution in [1.29, 1.82) is 0 Å². The van der Waals surface area contributed by atoms with Crippen LogP contribution in [0.3, 0.4) is 0 Å². The van der Waals surface area contributed by atoms with E-state index < -0.39 is 0 Å². The molecule has 12 heavy (non-hydrogen) atoms. The summed E-state index contributed by atoms with van der Waals surface area (Å²) >= 11 is 0. The predicted molar refractivity (Wildman–Crippen MR) is 49.5 cm³/mol. The van der Waals surface area contributed by atoms with Crippen LogP contribution < -0.4 is 4.65 Å². The number of H-pyrrole nitrogens is 1. The van der Waals surface area contributed by atoms with Gasteiger partial charge in [-0.3, -0.25) is 0 Å². The van der Waals surface area contributed by atoms with Gasteiger partial charge in [-0.25, -0.2) is 0 Å². The maximum atomic E-state index is 12.1. The molecule has 0 aromatic carbocycles. The van der Waals surface area contributed by atoms with Crippen molar-refractivity contribution in [3.05, 3.63) is 23.5 Å². The molecule has 2 heterocycles. The van der Waals surface area contributed by atoms with Gasteiger partial charge in [0, 0.05) is 12.3 Å². The van der Waals surface area contributed by atoms with E-state index in [9.17, 15) is 5.21 Å². The van der Waals surface area contributed by atoms with Crippen LogP contribution in [0.4, 0.5) is 5.82 Å². The van der Waals surface area contributed by atoms with E-state index >= 15 is 0 Å². The summed E-state index contributed by atoms with van der Waals surface area (Å²) < 4.78 is -0.146. The van der Waals surface area contributed by atoms with Gasteiger partial charge >= 0.3 is 0 Å². The summed E-state index contributed by atoms with van der Waals surface area (Å²) in [4.78, 5) is 3.01. The van der Waals surface area contributed by atoms with Crippen molar-refractivity contribution < 1.29 is 0 Å². The smallest absolute Gasteiger partial charge is 0.205 e. The molecule has 66 valence electrons. The Labute approximate surface area is 72.2 Å². The van der Waals surface area contributed by atoms with Gasteiger partial charge in [-0.2, -0.15) is 0 Å². The number of hydroxylamine groups is 2. The molecular weight excluding hydrogens is 152 g/mol. The molecule has 0 atom stereocenters. The minimum absolute atomic E-state index is 0.146. The summed E-state index contributed by atoms with van der Waals surface area (Å²) in [5, 5.41) is 12.1. The van der Waals surface area contributed by atoms with Crippen molar-refractivity contribution in [3.63, 3.8) is 0 Å². The normalized spacial score (nSPS) is 22.4. The first kappa shape index (κ1) is 7.83. The first-order chi connectivity index (χ1) is 5.81. The average Bonchev–Trinajstić information content (AvgIpc) is 2.58. The van der Waals surface area contributed by atoms with Crippen molar-refractivity contribution >= 4 is 5.82 Å². The van der Waals surface area contributed by atoms with Gasteiger partial charge in [0.2, 0.25) is 5.82 Å². The molecule has 3 heteroatoms. The molecule has 2 rings (SSSR count). The quantitative estimate of drug-likeness (QED) is 0.503. The van der Waals surface area contributed by atoms with Crippen LogP contribution in [-0.2, 0) is 0 Å². The van der Waals surface area contributed by atoms with Gasteiger partial charge in [0.05, 0.1) is 13.1 Å². The summed E-state index contributed by atoms with van der Waals surface area (Å²) in [6.45, 7) is 1.47. The second-order valence-corrected chi connectivity index (χ2v) is 3.45. The van der Waals surface area contributed by atoms with Crippen LogP contribution in [0.15, 0.2) is 18.3 Å². The molecule has 0 unspecified atom stereocenters. The number of nitrogens with one attached hydrogen (secondary N) is 1. The van der Waals surface area contributed by atoms with Crippen molar-refractivity contribution in [2.45, 2.75) is 19.3 Å². The summed E-state index contributed by atoms with van der Waals surface area (Å²) in [5.41, 5.74) is 0. The van der Waals surface area contributed by atoms with Crippen LogP contribution in [-0.4, -0.2) is 18.1 Å². The molecule has 1 fully saturated rings. The van der Waals surface area contributed by atoms with E-state index in [-0.39, 0.29) is 4.65 Å². The Morgan fingerprint density at radius 3 is 2.58 bits per heavy atom. The molecule has 0 aliphatic carbocycles. The standard InChI is InChI=1S/C9H14N2O/c12-11(7-2-1-3-8-11)9-5-4-6-10-9/h4-6,10H,1-3,7-8H2. The van der Waals surface area contributed by atoms with Crippen LogP contribution in [0.5, 0.6) is 0 Å². The van der Waals surface area contributed by atoms with Gasteiger partial charge in [0.1, 0.15) is 0 Å². The minimum Gasteiger partial charge on any atom is -0.626 e. The van der Waals surface area contributed by atoms with Gasteiger partial charge in [-0.15, -0.1) is 0 Å². The second kappa shape index (κ2) is 2.92. The Hall–Kier alpha value is -0.800. The van der Waals surface area contributed by atoms with Crippen LogP contribution in [0.2, 0.25) is 0 Å². The molecule has 1 N–H and O–H groups in total. The number of aromatic nitrogens is 1. The Morgan fingerprint density at radius 1 is 1.25 bits per heavy atom. The number of hydrogen-bond donors (Lipinski definition) is 1. The van der Waals surface area contributed by atoms with E-state index in [0.29, 0.717) is 0 Å². The number of rotatable bonds is 1. The number of nitrogens with zero attached hydrogens (tertiary/aromatic N) is 1. The van der Waals surface area contributed by atoms with Crippen molar-refractivity contribution in [2.75, 3.05) is 13.1 Å². The predicted octanol–water partition coefficient (Wildman–Crippen LogP) is 2.00. The Bertz CT molecular complexity index is 237. The van der Waals surface area contributed by atoms with E-state index in [1.54, 1.807) is 0 Å². The lowest BCUT2D eigenvalue weighted by Crippen LogP contribution is -2.47. The molecular formula is C9H14N2O. The third kappa shape index (κ3) is 1.26. The van der Waals surface area contributed by atoms with E-state index in [2.05, 4.69) is 4.98 Å². The van der Waals surface area contributed by atoms with Gasteiger partial charge in [-0.05, 0) is 25.3 Å². The molecule has 0 saturated carbocycles. The lowest BCUT2D eigenvalue weighted by atomic mass is 10.1. The summed E-state index contributed by atoms with van der Waals surface area (Å²) in [6.07, 6.45) is 5.15. The van der Waals surface area contributed by atoms with Gasteiger partial charge in [-0.1, -0.05) is 0 Å². The zero-order chi connectivity index (χ0) is 8.44. The molecule has 0 amide bonds. The molecule has 1 aromatic rings. The van der Waals surface area contributed by atoms with Crippen molar-refractivity contribution in [3.8, 4) is 0 Å². The molecule has 1 aromatic heterocycles. The third-order valence-corrected chi connectivity index (χ3v) is 2.56. The summed E-state index contributed by atoms with van der Waals surface area (Å²) in [5.74, 6) is 0.815. The van der Waals surface area contributed by atoms with E-state index in [1.165, 1.54) is 6.42 Å². The topological polar surface area (TPSA) is 38.8 Å². The van der Waals surface area contributed by atoms with Crippen LogP contribution in [0, 0.1) is 5.21 Å². The van der Waals surface area contributed by atoms with E-state index in [4.69, 9.17) is 0 Å². The van der Waals surface area contributed by atoms with Crippen LogP contribution in [0.1, 0.15) is 19.3 Å². The Kier molecular flexibility index (Phi) is 1.90. The number of aromatic amines is 1. The highest BCUT2D eigenvalue weighted by molar-refractivity contribution is 5.35. The first-order valence-electron chi connectivity index (χ1n) is 4.53. The molecule has 1 saturated heterocycles. The maximum absolute atomic E-state index is 12.1. The molecule has 3 nitrogen and oxygen atoms in total. The molecule has 1 aliphatic heterocycles. The monoisotopic (exact) mass is 166 g/mol. The minimum atomic E-state index is -0.146. The van der Waals surface area contributed by atoms with Crippen LogP contribution in [0.25, 0.3) is 0 Å². The number of quaternary nitrogens is 1. The van der Waals surface area contributed by atoms with Crippen molar-refractivity contribution in [2.24, 2.45) is 0 Å². The summed E-state index contributed by atoms with van der Waals surface area (Å²) in [6, 6.07) is 3.78. The Balaban J connectivity index is 2.19. The highest BCUT2D eigenvalue weighted by Crippen LogP contribution is 2.24.